The largest absolute Gasteiger partial charge is 0.378 e. The van der Waals surface area contributed by atoms with Crippen LogP contribution in [0.5, 0.6) is 0 Å². The zero-order valence-corrected chi connectivity index (χ0v) is 11.6. The lowest BCUT2D eigenvalue weighted by atomic mass is 10.1. The highest BCUT2D eigenvalue weighted by molar-refractivity contribution is 6.31. The number of nitrogens with one attached hydrogen (secondary N) is 2. The number of carbonyl (C=O) groups excluding carboxylic acids is 1. The lowest BCUT2D eigenvalue weighted by molar-refractivity contribution is -0.129. The van der Waals surface area contributed by atoms with Gasteiger partial charge in [-0.2, -0.15) is 0 Å². The molecule has 0 unspecified atom stereocenters. The maximum Gasteiger partial charge on any atom is 0.253 e. The van der Waals surface area contributed by atoms with Gasteiger partial charge in [-0.25, -0.2) is 4.98 Å². The van der Waals surface area contributed by atoms with Crippen LogP contribution in [0.3, 0.4) is 0 Å². The molecule has 0 saturated carbocycles. The molecule has 5 nitrogen and oxygen atoms in total. The SMILES string of the molecule is O=C(NCCCc1ncc[nH]1)[C@@H](O)c1ccccc1Cl. The van der Waals surface area contributed by atoms with E-state index in [1.165, 1.54) is 0 Å². The standard InChI is InChI=1S/C14H16ClN3O2/c15-11-5-2-1-4-10(11)13(19)14(20)18-7-3-6-12-16-8-9-17-12/h1-2,4-5,8-9,13,19H,3,6-7H2,(H,16,17)(H,18,20)/t13-/m0/s1. The van der Waals surface area contributed by atoms with Crippen LogP contribution in [0.25, 0.3) is 0 Å². The van der Waals surface area contributed by atoms with Gasteiger partial charge in [0.15, 0.2) is 6.10 Å². The Bertz CT molecular complexity index is 557. The number of carbonyl (C=O) groups is 1. The summed E-state index contributed by atoms with van der Waals surface area (Å²) in [6, 6.07) is 6.76. The Morgan fingerprint density at radius 2 is 2.25 bits per heavy atom. The first-order valence-corrected chi connectivity index (χ1v) is 6.74. The third-order valence-electron chi connectivity index (χ3n) is 2.89. The smallest absolute Gasteiger partial charge is 0.253 e. The van der Waals surface area contributed by atoms with E-state index in [4.69, 9.17) is 11.6 Å². The summed E-state index contributed by atoms with van der Waals surface area (Å²) >= 11 is 5.94. The number of imidazole rings is 1. The highest BCUT2D eigenvalue weighted by Gasteiger charge is 2.18. The summed E-state index contributed by atoms with van der Waals surface area (Å²) in [6.45, 7) is 0.473. The molecule has 0 saturated heterocycles. The fraction of sp³-hybridized carbons (Fsp3) is 0.286. The summed E-state index contributed by atoms with van der Waals surface area (Å²) in [7, 11) is 0. The average molecular weight is 294 g/mol. The van der Waals surface area contributed by atoms with Crippen LogP contribution in [0.4, 0.5) is 0 Å². The van der Waals surface area contributed by atoms with Gasteiger partial charge in [0.2, 0.25) is 0 Å². The van der Waals surface area contributed by atoms with Crippen molar-refractivity contribution in [3.8, 4) is 0 Å². The zero-order chi connectivity index (χ0) is 14.4. The van der Waals surface area contributed by atoms with Gasteiger partial charge in [-0.3, -0.25) is 4.79 Å². The number of nitrogens with zero attached hydrogens (tertiary/aromatic N) is 1. The van der Waals surface area contributed by atoms with Crippen molar-refractivity contribution in [3.05, 3.63) is 53.1 Å². The number of aliphatic hydroxyl groups excluding tert-OH is 1. The summed E-state index contributed by atoms with van der Waals surface area (Å²) in [5, 5.41) is 13.0. The fourth-order valence-electron chi connectivity index (χ4n) is 1.84. The molecule has 0 aliphatic heterocycles. The quantitative estimate of drug-likeness (QED) is 0.711. The van der Waals surface area contributed by atoms with E-state index in [0.717, 1.165) is 18.7 Å². The van der Waals surface area contributed by atoms with Crippen molar-refractivity contribution in [2.24, 2.45) is 0 Å². The number of rotatable bonds is 6. The number of aryl methyl sites for hydroxylation is 1. The lowest BCUT2D eigenvalue weighted by Gasteiger charge is -2.12. The Kier molecular flexibility index (Phi) is 5.15. The number of H-pyrrole nitrogens is 1. The molecular formula is C14H16ClN3O2. The summed E-state index contributed by atoms with van der Waals surface area (Å²) in [5.74, 6) is 0.434. The van der Waals surface area contributed by atoms with Crippen LogP contribution in [0.1, 0.15) is 23.9 Å². The van der Waals surface area contributed by atoms with Gasteiger partial charge >= 0.3 is 0 Å². The Morgan fingerprint density at radius 3 is 2.95 bits per heavy atom. The van der Waals surface area contributed by atoms with Gasteiger partial charge in [0, 0.05) is 35.9 Å². The van der Waals surface area contributed by atoms with Crippen molar-refractivity contribution < 1.29 is 9.90 Å². The van der Waals surface area contributed by atoms with E-state index < -0.39 is 12.0 Å². The number of halogens is 1. The Morgan fingerprint density at radius 1 is 1.45 bits per heavy atom. The fourth-order valence-corrected chi connectivity index (χ4v) is 2.08. The molecule has 6 heteroatoms. The molecule has 1 amide bonds. The third-order valence-corrected chi connectivity index (χ3v) is 3.24. The third kappa shape index (κ3) is 3.82. The van der Waals surface area contributed by atoms with Crippen LogP contribution in [0.15, 0.2) is 36.7 Å². The number of hydrogen-bond acceptors (Lipinski definition) is 3. The molecule has 1 aromatic carbocycles. The van der Waals surface area contributed by atoms with Crippen LogP contribution in [-0.2, 0) is 11.2 Å². The maximum atomic E-state index is 11.8. The molecule has 1 atom stereocenters. The molecule has 2 aromatic rings. The van der Waals surface area contributed by atoms with E-state index in [-0.39, 0.29) is 0 Å². The van der Waals surface area contributed by atoms with Crippen LogP contribution in [0.2, 0.25) is 5.02 Å². The Hall–Kier alpha value is -1.85. The van der Waals surface area contributed by atoms with Crippen LogP contribution >= 0.6 is 11.6 Å². The summed E-state index contributed by atoms with van der Waals surface area (Å²) in [6.07, 6.45) is 3.70. The second kappa shape index (κ2) is 7.07. The van der Waals surface area contributed by atoms with Gasteiger partial charge in [0.1, 0.15) is 5.82 Å². The minimum absolute atomic E-state index is 0.380. The molecule has 1 heterocycles. The Labute approximate surface area is 122 Å². The number of aromatic amines is 1. The molecule has 0 spiro atoms. The van der Waals surface area contributed by atoms with Crippen molar-refractivity contribution >= 4 is 17.5 Å². The first-order valence-electron chi connectivity index (χ1n) is 6.37. The van der Waals surface area contributed by atoms with Gasteiger partial charge in [-0.1, -0.05) is 29.8 Å². The van der Waals surface area contributed by atoms with Crippen LogP contribution < -0.4 is 5.32 Å². The van der Waals surface area contributed by atoms with Gasteiger partial charge < -0.3 is 15.4 Å². The average Bonchev–Trinajstić information content (AvgIpc) is 2.96. The maximum absolute atomic E-state index is 11.8. The molecule has 0 aliphatic rings. The Balaban J connectivity index is 1.78. The molecule has 1 aromatic heterocycles. The first-order chi connectivity index (χ1) is 9.68. The van der Waals surface area contributed by atoms with Gasteiger partial charge in [-0.15, -0.1) is 0 Å². The van der Waals surface area contributed by atoms with E-state index in [2.05, 4.69) is 15.3 Å². The minimum Gasteiger partial charge on any atom is -0.378 e. The number of amides is 1. The van der Waals surface area contributed by atoms with E-state index in [1.807, 2.05) is 0 Å². The molecule has 20 heavy (non-hydrogen) atoms. The number of aromatic nitrogens is 2. The number of hydrogen-bond donors (Lipinski definition) is 3. The predicted octanol–water partition coefficient (Wildman–Crippen LogP) is 1.85. The van der Waals surface area contributed by atoms with E-state index in [1.54, 1.807) is 36.7 Å². The zero-order valence-electron chi connectivity index (χ0n) is 10.8. The highest BCUT2D eigenvalue weighted by Crippen LogP contribution is 2.22. The second-order valence-electron chi connectivity index (χ2n) is 4.35. The van der Waals surface area contributed by atoms with Gasteiger partial charge in [0.25, 0.3) is 5.91 Å². The summed E-state index contributed by atoms with van der Waals surface area (Å²) in [4.78, 5) is 18.9. The monoisotopic (exact) mass is 293 g/mol. The van der Waals surface area contributed by atoms with Crippen LogP contribution in [0, 0.1) is 0 Å². The van der Waals surface area contributed by atoms with Crippen LogP contribution in [-0.4, -0.2) is 27.5 Å². The molecule has 3 N–H and O–H groups in total. The molecule has 0 radical (unpaired) electrons. The van der Waals surface area contributed by atoms with Crippen molar-refractivity contribution in [2.45, 2.75) is 18.9 Å². The molecular weight excluding hydrogens is 278 g/mol. The first kappa shape index (κ1) is 14.6. The molecule has 0 bridgehead atoms. The predicted molar refractivity (Wildman–Crippen MR) is 76.3 cm³/mol. The normalized spacial score (nSPS) is 12.1. The van der Waals surface area contributed by atoms with Crippen molar-refractivity contribution in [1.29, 1.82) is 0 Å². The minimum atomic E-state index is -1.24. The summed E-state index contributed by atoms with van der Waals surface area (Å²) < 4.78 is 0. The second-order valence-corrected chi connectivity index (χ2v) is 4.76. The summed E-state index contributed by atoms with van der Waals surface area (Å²) in [5.41, 5.74) is 0.415. The van der Waals surface area contributed by atoms with E-state index in [0.29, 0.717) is 17.1 Å². The number of aliphatic hydroxyl groups is 1. The molecule has 0 aliphatic carbocycles. The van der Waals surface area contributed by atoms with Crippen molar-refractivity contribution in [2.75, 3.05) is 6.54 Å². The molecule has 106 valence electrons. The van der Waals surface area contributed by atoms with Gasteiger partial charge in [0.05, 0.1) is 0 Å². The topological polar surface area (TPSA) is 78.0 Å². The lowest BCUT2D eigenvalue weighted by Crippen LogP contribution is -2.30. The molecule has 2 rings (SSSR count). The van der Waals surface area contributed by atoms with E-state index in [9.17, 15) is 9.90 Å². The van der Waals surface area contributed by atoms with Gasteiger partial charge in [-0.05, 0) is 12.5 Å². The number of benzene rings is 1. The van der Waals surface area contributed by atoms with Crippen molar-refractivity contribution in [3.63, 3.8) is 0 Å². The van der Waals surface area contributed by atoms with Crippen molar-refractivity contribution in [1.82, 2.24) is 15.3 Å². The molecule has 0 fully saturated rings. The highest BCUT2D eigenvalue weighted by atomic mass is 35.5. The van der Waals surface area contributed by atoms with E-state index >= 15 is 0 Å².